The highest BCUT2D eigenvalue weighted by molar-refractivity contribution is 6.30. The second-order valence-electron chi connectivity index (χ2n) is 4.60. The first-order valence-corrected chi connectivity index (χ1v) is 5.59. The largest absolute Gasteiger partial charge is 0.492 e. The predicted molar refractivity (Wildman–Crippen MR) is 64.7 cm³/mol. The maximum Gasteiger partial charge on any atom is 0.145 e. The van der Waals surface area contributed by atoms with Crippen LogP contribution in [0.15, 0.2) is 18.2 Å². The standard InChI is InChI=1S/C12H17ClFNO/c1-12(2,3)15-6-7-16-9-4-5-10(13)11(14)8-9/h4-5,8,15H,6-7H2,1-3H3. The van der Waals surface area contributed by atoms with Crippen molar-refractivity contribution in [1.82, 2.24) is 5.32 Å². The maximum absolute atomic E-state index is 13.1. The average Bonchev–Trinajstić information content (AvgIpc) is 2.17. The fraction of sp³-hybridized carbons (Fsp3) is 0.500. The smallest absolute Gasteiger partial charge is 0.145 e. The highest BCUT2D eigenvalue weighted by Gasteiger charge is 2.07. The molecule has 0 radical (unpaired) electrons. The number of hydrogen-bond donors (Lipinski definition) is 1. The lowest BCUT2D eigenvalue weighted by Gasteiger charge is -2.20. The lowest BCUT2D eigenvalue weighted by atomic mass is 10.1. The highest BCUT2D eigenvalue weighted by atomic mass is 35.5. The van der Waals surface area contributed by atoms with Crippen molar-refractivity contribution in [1.29, 1.82) is 0 Å². The van der Waals surface area contributed by atoms with Crippen molar-refractivity contribution in [3.63, 3.8) is 0 Å². The zero-order valence-corrected chi connectivity index (χ0v) is 10.6. The summed E-state index contributed by atoms with van der Waals surface area (Å²) in [7, 11) is 0. The molecular weight excluding hydrogens is 229 g/mol. The van der Waals surface area contributed by atoms with Crippen molar-refractivity contribution >= 4 is 11.6 Å². The summed E-state index contributed by atoms with van der Waals surface area (Å²) in [5.74, 6) is 0.0422. The topological polar surface area (TPSA) is 21.3 Å². The molecule has 0 saturated carbocycles. The Kier molecular flexibility index (Phi) is 4.56. The van der Waals surface area contributed by atoms with Crippen molar-refractivity contribution in [2.45, 2.75) is 26.3 Å². The van der Waals surface area contributed by atoms with Gasteiger partial charge in [0.05, 0.1) is 5.02 Å². The summed E-state index contributed by atoms with van der Waals surface area (Å²) in [5.41, 5.74) is 0.0641. The monoisotopic (exact) mass is 245 g/mol. The Balaban J connectivity index is 2.35. The van der Waals surface area contributed by atoms with Crippen LogP contribution in [0.25, 0.3) is 0 Å². The fourth-order valence-electron chi connectivity index (χ4n) is 1.16. The molecule has 0 aliphatic rings. The molecule has 4 heteroatoms. The molecule has 0 amide bonds. The van der Waals surface area contributed by atoms with Crippen LogP contribution in [-0.2, 0) is 0 Å². The van der Waals surface area contributed by atoms with E-state index in [1.54, 1.807) is 6.07 Å². The Labute approximate surface area is 101 Å². The minimum atomic E-state index is -0.456. The predicted octanol–water partition coefficient (Wildman–Crippen LogP) is 3.25. The third-order valence-corrected chi connectivity index (χ3v) is 2.22. The molecule has 0 aliphatic heterocycles. The molecule has 0 saturated heterocycles. The first kappa shape index (κ1) is 13.3. The van der Waals surface area contributed by atoms with E-state index in [1.165, 1.54) is 12.1 Å². The van der Waals surface area contributed by atoms with Gasteiger partial charge in [-0.3, -0.25) is 0 Å². The molecule has 0 atom stereocenters. The van der Waals surface area contributed by atoms with Crippen molar-refractivity contribution in [2.24, 2.45) is 0 Å². The Morgan fingerprint density at radius 1 is 1.38 bits per heavy atom. The molecule has 1 rings (SSSR count). The van der Waals surface area contributed by atoms with Gasteiger partial charge < -0.3 is 10.1 Å². The van der Waals surface area contributed by atoms with Gasteiger partial charge in [0.2, 0.25) is 0 Å². The molecule has 0 unspecified atom stereocenters. The summed E-state index contributed by atoms with van der Waals surface area (Å²) >= 11 is 5.56. The molecule has 0 aromatic heterocycles. The van der Waals surface area contributed by atoms with Gasteiger partial charge in [-0.2, -0.15) is 0 Å². The third-order valence-electron chi connectivity index (χ3n) is 1.92. The van der Waals surface area contributed by atoms with Gasteiger partial charge in [-0.1, -0.05) is 11.6 Å². The number of ether oxygens (including phenoxy) is 1. The number of nitrogens with one attached hydrogen (secondary N) is 1. The molecule has 2 nitrogen and oxygen atoms in total. The fourth-order valence-corrected chi connectivity index (χ4v) is 1.28. The van der Waals surface area contributed by atoms with Crippen LogP contribution >= 0.6 is 11.6 Å². The van der Waals surface area contributed by atoms with Gasteiger partial charge in [0, 0.05) is 18.2 Å². The number of hydrogen-bond acceptors (Lipinski definition) is 2. The van der Waals surface area contributed by atoms with E-state index in [0.717, 1.165) is 0 Å². The van der Waals surface area contributed by atoms with E-state index in [-0.39, 0.29) is 10.6 Å². The summed E-state index contributed by atoms with van der Waals surface area (Å²) in [6.45, 7) is 7.45. The summed E-state index contributed by atoms with van der Waals surface area (Å²) in [6.07, 6.45) is 0. The van der Waals surface area contributed by atoms with Gasteiger partial charge in [-0.25, -0.2) is 4.39 Å². The molecule has 1 aromatic rings. The summed E-state index contributed by atoms with van der Waals surface area (Å²) in [4.78, 5) is 0. The zero-order valence-electron chi connectivity index (χ0n) is 9.81. The SMILES string of the molecule is CC(C)(C)NCCOc1ccc(Cl)c(F)c1. The first-order chi connectivity index (χ1) is 7.38. The van der Waals surface area contributed by atoms with Crippen LogP contribution in [0.3, 0.4) is 0 Å². The number of halogens is 2. The van der Waals surface area contributed by atoms with Crippen molar-refractivity contribution < 1.29 is 9.13 Å². The molecule has 0 fully saturated rings. The molecule has 0 aliphatic carbocycles. The normalized spacial score (nSPS) is 11.6. The van der Waals surface area contributed by atoms with Gasteiger partial charge in [0.25, 0.3) is 0 Å². The van der Waals surface area contributed by atoms with Gasteiger partial charge in [-0.05, 0) is 32.9 Å². The summed E-state index contributed by atoms with van der Waals surface area (Å²) in [5, 5.41) is 3.38. The van der Waals surface area contributed by atoms with Crippen LogP contribution in [0.5, 0.6) is 5.75 Å². The minimum Gasteiger partial charge on any atom is -0.492 e. The lowest BCUT2D eigenvalue weighted by Crippen LogP contribution is -2.38. The molecule has 16 heavy (non-hydrogen) atoms. The first-order valence-electron chi connectivity index (χ1n) is 5.21. The van der Waals surface area contributed by atoms with Gasteiger partial charge in [-0.15, -0.1) is 0 Å². The Hall–Kier alpha value is -0.800. The molecule has 0 spiro atoms. The highest BCUT2D eigenvalue weighted by Crippen LogP contribution is 2.20. The third kappa shape index (κ3) is 4.81. The average molecular weight is 246 g/mol. The Morgan fingerprint density at radius 2 is 2.06 bits per heavy atom. The van der Waals surface area contributed by atoms with Gasteiger partial charge >= 0.3 is 0 Å². The van der Waals surface area contributed by atoms with Crippen LogP contribution in [0.2, 0.25) is 5.02 Å². The van der Waals surface area contributed by atoms with E-state index in [1.807, 2.05) is 0 Å². The van der Waals surface area contributed by atoms with E-state index in [2.05, 4.69) is 26.1 Å². The van der Waals surface area contributed by atoms with Gasteiger partial charge in [0.1, 0.15) is 18.2 Å². The van der Waals surface area contributed by atoms with E-state index in [4.69, 9.17) is 16.3 Å². The number of benzene rings is 1. The number of rotatable bonds is 4. The van der Waals surface area contributed by atoms with E-state index in [9.17, 15) is 4.39 Å². The van der Waals surface area contributed by atoms with Crippen molar-refractivity contribution in [2.75, 3.05) is 13.2 Å². The van der Waals surface area contributed by atoms with Crippen LogP contribution in [0.1, 0.15) is 20.8 Å². The van der Waals surface area contributed by atoms with Crippen LogP contribution in [0, 0.1) is 5.82 Å². The maximum atomic E-state index is 13.1. The molecule has 90 valence electrons. The zero-order chi connectivity index (χ0) is 12.2. The van der Waals surface area contributed by atoms with Gasteiger partial charge in [0.15, 0.2) is 0 Å². The summed E-state index contributed by atoms with van der Waals surface area (Å²) < 4.78 is 18.4. The van der Waals surface area contributed by atoms with Crippen molar-refractivity contribution in [3.8, 4) is 5.75 Å². The molecule has 1 N–H and O–H groups in total. The van der Waals surface area contributed by atoms with E-state index < -0.39 is 5.82 Å². The van der Waals surface area contributed by atoms with Crippen molar-refractivity contribution in [3.05, 3.63) is 29.0 Å². The molecular formula is C12H17ClFNO. The second kappa shape index (κ2) is 5.51. The Bertz CT molecular complexity index is 349. The quantitative estimate of drug-likeness (QED) is 0.823. The van der Waals surface area contributed by atoms with Crippen LogP contribution in [0.4, 0.5) is 4.39 Å². The second-order valence-corrected chi connectivity index (χ2v) is 5.01. The molecule has 0 heterocycles. The van der Waals surface area contributed by atoms with Crippen LogP contribution < -0.4 is 10.1 Å². The molecule has 0 bridgehead atoms. The Morgan fingerprint density at radius 3 is 2.62 bits per heavy atom. The summed E-state index contributed by atoms with van der Waals surface area (Å²) in [6, 6.07) is 4.44. The minimum absolute atomic E-state index is 0.0641. The van der Waals surface area contributed by atoms with E-state index in [0.29, 0.717) is 18.9 Å². The molecule has 1 aromatic carbocycles. The lowest BCUT2D eigenvalue weighted by molar-refractivity contribution is 0.290. The van der Waals surface area contributed by atoms with Crippen LogP contribution in [-0.4, -0.2) is 18.7 Å². The van der Waals surface area contributed by atoms with E-state index >= 15 is 0 Å².